The summed E-state index contributed by atoms with van der Waals surface area (Å²) in [6.07, 6.45) is 1.69. The van der Waals surface area contributed by atoms with Gasteiger partial charge in [-0.05, 0) is 37.4 Å². The lowest BCUT2D eigenvalue weighted by atomic mass is 10.3. The molecule has 1 aromatic carbocycles. The summed E-state index contributed by atoms with van der Waals surface area (Å²) in [6.45, 7) is 1.91. The highest BCUT2D eigenvalue weighted by Crippen LogP contribution is 2.29. The standard InChI is InChI=1S/C14H10ClN3OS2/c1-8-16-9(7-21-8)6-11-13(19)18(14(20)17-11)12-5-3-2-4-10(12)15/h2-7H,1H3,(H,17,20)/b11-6-. The number of thiazole rings is 1. The van der Waals surface area contributed by atoms with Crippen LogP contribution in [0, 0.1) is 6.92 Å². The van der Waals surface area contributed by atoms with Crippen molar-refractivity contribution in [3.63, 3.8) is 0 Å². The second-order valence-electron chi connectivity index (χ2n) is 4.37. The van der Waals surface area contributed by atoms with Gasteiger partial charge in [0.15, 0.2) is 5.11 Å². The summed E-state index contributed by atoms with van der Waals surface area (Å²) in [5.74, 6) is -0.237. The Morgan fingerprint density at radius 2 is 2.19 bits per heavy atom. The van der Waals surface area contributed by atoms with Crippen LogP contribution < -0.4 is 10.2 Å². The van der Waals surface area contributed by atoms with Crippen molar-refractivity contribution >= 4 is 57.9 Å². The summed E-state index contributed by atoms with van der Waals surface area (Å²) in [7, 11) is 0. The van der Waals surface area contributed by atoms with Crippen molar-refractivity contribution < 1.29 is 4.79 Å². The third-order valence-electron chi connectivity index (χ3n) is 2.90. The predicted molar refractivity (Wildman–Crippen MR) is 89.5 cm³/mol. The molecule has 0 saturated carbocycles. The maximum atomic E-state index is 12.5. The van der Waals surface area contributed by atoms with Crippen LogP contribution in [-0.2, 0) is 4.79 Å². The van der Waals surface area contributed by atoms with Crippen molar-refractivity contribution in [3.8, 4) is 0 Å². The molecule has 0 unspecified atom stereocenters. The fourth-order valence-corrected chi connectivity index (χ4v) is 3.06. The number of benzene rings is 1. The predicted octanol–water partition coefficient (Wildman–Crippen LogP) is 3.37. The van der Waals surface area contributed by atoms with Crippen LogP contribution in [0.25, 0.3) is 6.08 Å². The molecule has 1 aliphatic heterocycles. The Morgan fingerprint density at radius 1 is 1.43 bits per heavy atom. The molecule has 2 aromatic rings. The smallest absolute Gasteiger partial charge is 0.281 e. The van der Waals surface area contributed by atoms with Gasteiger partial charge in [-0.1, -0.05) is 23.7 Å². The first kappa shape index (κ1) is 14.2. The van der Waals surface area contributed by atoms with E-state index < -0.39 is 0 Å². The first-order valence-electron chi connectivity index (χ1n) is 6.10. The molecule has 21 heavy (non-hydrogen) atoms. The van der Waals surface area contributed by atoms with Crippen LogP contribution in [0.5, 0.6) is 0 Å². The van der Waals surface area contributed by atoms with Gasteiger partial charge in [0, 0.05) is 5.38 Å². The number of nitrogens with zero attached hydrogens (tertiary/aromatic N) is 2. The zero-order chi connectivity index (χ0) is 15.0. The third kappa shape index (κ3) is 2.70. The van der Waals surface area contributed by atoms with Gasteiger partial charge in [0.05, 0.1) is 21.4 Å². The maximum Gasteiger partial charge on any atom is 0.281 e. The lowest BCUT2D eigenvalue weighted by molar-refractivity contribution is -0.113. The van der Waals surface area contributed by atoms with Crippen LogP contribution in [0.2, 0.25) is 5.02 Å². The largest absolute Gasteiger partial charge is 0.327 e. The van der Waals surface area contributed by atoms with Crippen LogP contribution in [0.15, 0.2) is 35.3 Å². The Hall–Kier alpha value is -1.76. The van der Waals surface area contributed by atoms with E-state index in [0.717, 1.165) is 10.7 Å². The molecular weight excluding hydrogens is 326 g/mol. The Morgan fingerprint density at radius 3 is 2.86 bits per heavy atom. The first-order chi connectivity index (χ1) is 10.1. The summed E-state index contributed by atoms with van der Waals surface area (Å²) < 4.78 is 0. The van der Waals surface area contributed by atoms with Crippen molar-refractivity contribution in [1.82, 2.24) is 10.3 Å². The molecule has 3 rings (SSSR count). The molecule has 0 radical (unpaired) electrons. The van der Waals surface area contributed by atoms with Gasteiger partial charge in [-0.3, -0.25) is 9.69 Å². The molecule has 0 aliphatic carbocycles. The monoisotopic (exact) mass is 335 g/mol. The molecule has 4 nitrogen and oxygen atoms in total. The van der Waals surface area contributed by atoms with E-state index in [1.54, 1.807) is 24.3 Å². The van der Waals surface area contributed by atoms with Crippen LogP contribution in [0.4, 0.5) is 5.69 Å². The molecule has 1 fully saturated rings. The number of halogens is 1. The molecule has 1 aliphatic rings. The van der Waals surface area contributed by atoms with Crippen molar-refractivity contribution in [2.24, 2.45) is 0 Å². The van der Waals surface area contributed by atoms with Crippen molar-refractivity contribution in [3.05, 3.63) is 51.1 Å². The molecule has 0 bridgehead atoms. The molecule has 106 valence electrons. The van der Waals surface area contributed by atoms with E-state index in [-0.39, 0.29) is 5.91 Å². The highest BCUT2D eigenvalue weighted by molar-refractivity contribution is 7.80. The van der Waals surface area contributed by atoms with E-state index in [4.69, 9.17) is 23.8 Å². The minimum atomic E-state index is -0.237. The van der Waals surface area contributed by atoms with Gasteiger partial charge < -0.3 is 5.32 Å². The topological polar surface area (TPSA) is 45.2 Å². The van der Waals surface area contributed by atoms with E-state index in [1.807, 2.05) is 18.4 Å². The molecule has 2 heterocycles. The molecule has 1 aromatic heterocycles. The van der Waals surface area contributed by atoms with Crippen molar-refractivity contribution in [2.75, 3.05) is 4.90 Å². The fraction of sp³-hybridized carbons (Fsp3) is 0.0714. The first-order valence-corrected chi connectivity index (χ1v) is 7.76. The van der Waals surface area contributed by atoms with Crippen LogP contribution in [-0.4, -0.2) is 16.0 Å². The number of amides is 1. The van der Waals surface area contributed by atoms with Crippen LogP contribution >= 0.6 is 35.2 Å². The number of aromatic nitrogens is 1. The van der Waals surface area contributed by atoms with E-state index in [2.05, 4.69) is 10.3 Å². The lowest BCUT2D eigenvalue weighted by Crippen LogP contribution is -2.30. The Kier molecular flexibility index (Phi) is 3.75. The van der Waals surface area contributed by atoms with Gasteiger partial charge in [0.25, 0.3) is 5.91 Å². The number of aryl methyl sites for hydroxylation is 1. The molecule has 1 N–H and O–H groups in total. The number of carbonyl (C=O) groups is 1. The maximum absolute atomic E-state index is 12.5. The number of rotatable bonds is 2. The second kappa shape index (κ2) is 5.55. The highest BCUT2D eigenvalue weighted by Gasteiger charge is 2.33. The minimum Gasteiger partial charge on any atom is -0.327 e. The van der Waals surface area contributed by atoms with E-state index in [1.165, 1.54) is 16.2 Å². The molecule has 0 spiro atoms. The number of para-hydroxylation sites is 1. The summed E-state index contributed by atoms with van der Waals surface area (Å²) >= 11 is 12.9. The average molecular weight is 336 g/mol. The zero-order valence-electron chi connectivity index (χ0n) is 11.0. The molecule has 1 saturated heterocycles. The summed E-state index contributed by atoms with van der Waals surface area (Å²) in [4.78, 5) is 18.2. The Balaban J connectivity index is 1.96. The Bertz CT molecular complexity index is 769. The lowest BCUT2D eigenvalue weighted by Gasteiger charge is -2.15. The van der Waals surface area contributed by atoms with Gasteiger partial charge >= 0.3 is 0 Å². The highest BCUT2D eigenvalue weighted by atomic mass is 35.5. The fourth-order valence-electron chi connectivity index (χ4n) is 1.98. The normalized spacial score (nSPS) is 16.7. The van der Waals surface area contributed by atoms with Gasteiger partial charge in [0.2, 0.25) is 0 Å². The van der Waals surface area contributed by atoms with Gasteiger partial charge in [-0.15, -0.1) is 11.3 Å². The van der Waals surface area contributed by atoms with E-state index in [9.17, 15) is 4.79 Å². The quantitative estimate of drug-likeness (QED) is 0.675. The summed E-state index contributed by atoms with van der Waals surface area (Å²) in [6, 6.07) is 7.09. The minimum absolute atomic E-state index is 0.237. The Labute approximate surface area is 136 Å². The zero-order valence-corrected chi connectivity index (χ0v) is 13.4. The number of nitrogens with one attached hydrogen (secondary N) is 1. The third-order valence-corrected chi connectivity index (χ3v) is 4.30. The molecule has 1 amide bonds. The SMILES string of the molecule is Cc1nc(/C=C2\NC(=S)N(c3ccccc3Cl)C2=O)cs1. The van der Waals surface area contributed by atoms with Gasteiger partial charge in [-0.2, -0.15) is 0 Å². The summed E-state index contributed by atoms with van der Waals surface area (Å²) in [5.41, 5.74) is 1.70. The number of hydrogen-bond acceptors (Lipinski definition) is 4. The van der Waals surface area contributed by atoms with Gasteiger partial charge in [0.1, 0.15) is 5.70 Å². The summed E-state index contributed by atoms with van der Waals surface area (Å²) in [5, 5.41) is 6.53. The molecular formula is C14H10ClN3OS2. The average Bonchev–Trinajstić information content (AvgIpc) is 2.96. The number of hydrogen-bond donors (Lipinski definition) is 1. The van der Waals surface area contributed by atoms with Crippen molar-refractivity contribution in [2.45, 2.75) is 6.92 Å². The van der Waals surface area contributed by atoms with E-state index >= 15 is 0 Å². The number of carbonyl (C=O) groups excluding carboxylic acids is 1. The molecule has 0 atom stereocenters. The van der Waals surface area contributed by atoms with Crippen molar-refractivity contribution in [1.29, 1.82) is 0 Å². The second-order valence-corrected chi connectivity index (χ2v) is 6.23. The van der Waals surface area contributed by atoms with E-state index in [0.29, 0.717) is 21.5 Å². The number of thiocarbonyl (C=S) groups is 1. The van der Waals surface area contributed by atoms with Crippen LogP contribution in [0.3, 0.4) is 0 Å². The van der Waals surface area contributed by atoms with Crippen LogP contribution in [0.1, 0.15) is 10.7 Å². The van der Waals surface area contributed by atoms with Gasteiger partial charge in [-0.25, -0.2) is 4.98 Å². The molecule has 7 heteroatoms. The number of anilines is 1.